The lowest BCUT2D eigenvalue weighted by atomic mass is 10.0. The van der Waals surface area contributed by atoms with Crippen molar-refractivity contribution in [2.45, 2.75) is 19.4 Å². The van der Waals surface area contributed by atoms with Crippen LogP contribution in [0.1, 0.15) is 23.7 Å². The summed E-state index contributed by atoms with van der Waals surface area (Å²) in [5, 5.41) is 10.2. The predicted molar refractivity (Wildman–Crippen MR) is 70.5 cm³/mol. The fourth-order valence-electron chi connectivity index (χ4n) is 2.30. The Bertz CT molecular complexity index is 422. The summed E-state index contributed by atoms with van der Waals surface area (Å²) < 4.78 is 0. The van der Waals surface area contributed by atoms with Crippen molar-refractivity contribution in [3.05, 3.63) is 29.8 Å². The highest BCUT2D eigenvalue weighted by Gasteiger charge is 2.33. The van der Waals surface area contributed by atoms with Gasteiger partial charge < -0.3 is 10.0 Å². The summed E-state index contributed by atoms with van der Waals surface area (Å²) in [6.45, 7) is 2.97. The quantitative estimate of drug-likeness (QED) is 0.853. The number of carbonyl (C=O) groups excluding carboxylic acids is 1. The molecule has 0 aliphatic carbocycles. The summed E-state index contributed by atoms with van der Waals surface area (Å²) >= 11 is 3.47. The molecule has 1 aromatic carbocycles. The number of phenols is 1. The monoisotopic (exact) mass is 297 g/mol. The summed E-state index contributed by atoms with van der Waals surface area (Å²) in [6, 6.07) is 6.80. The number of likely N-dealkylation sites (tertiary alicyclic amines) is 1. The Balaban J connectivity index is 2.20. The van der Waals surface area contributed by atoms with Crippen LogP contribution in [0.3, 0.4) is 0 Å². The van der Waals surface area contributed by atoms with Crippen LogP contribution in [-0.2, 0) is 0 Å². The first-order valence-corrected chi connectivity index (χ1v) is 6.91. The Kier molecular flexibility index (Phi) is 3.72. The van der Waals surface area contributed by atoms with Gasteiger partial charge in [-0.1, -0.05) is 28.9 Å². The number of benzene rings is 1. The minimum Gasteiger partial charge on any atom is -0.508 e. The Hall–Kier alpha value is -1.03. The highest BCUT2D eigenvalue weighted by atomic mass is 79.9. The standard InChI is InChI=1S/C13H16BrNO2/c1-9-5-6-15(12(9)8-14)13(17)10-3-2-4-11(16)7-10/h2-4,7,9,12,16H,5-6,8H2,1H3. The van der Waals surface area contributed by atoms with Gasteiger partial charge in [-0.3, -0.25) is 4.79 Å². The van der Waals surface area contributed by atoms with E-state index in [4.69, 9.17) is 0 Å². The van der Waals surface area contributed by atoms with Crippen molar-refractivity contribution in [3.8, 4) is 5.75 Å². The van der Waals surface area contributed by atoms with Gasteiger partial charge in [0.2, 0.25) is 0 Å². The van der Waals surface area contributed by atoms with Crippen LogP contribution in [0, 0.1) is 5.92 Å². The third kappa shape index (κ3) is 2.46. The van der Waals surface area contributed by atoms with Crippen LogP contribution in [0.2, 0.25) is 0 Å². The Morgan fingerprint density at radius 2 is 2.35 bits per heavy atom. The van der Waals surface area contributed by atoms with Gasteiger partial charge in [-0.25, -0.2) is 0 Å². The van der Waals surface area contributed by atoms with Gasteiger partial charge in [-0.2, -0.15) is 0 Å². The van der Waals surface area contributed by atoms with Crippen molar-refractivity contribution in [2.24, 2.45) is 5.92 Å². The van der Waals surface area contributed by atoms with E-state index in [-0.39, 0.29) is 17.7 Å². The smallest absolute Gasteiger partial charge is 0.254 e. The second kappa shape index (κ2) is 5.08. The molecule has 0 aromatic heterocycles. The molecule has 1 aliphatic heterocycles. The number of amides is 1. The maximum atomic E-state index is 12.3. The van der Waals surface area contributed by atoms with E-state index < -0.39 is 0 Å². The highest BCUT2D eigenvalue weighted by molar-refractivity contribution is 9.09. The average Bonchev–Trinajstić information content (AvgIpc) is 2.69. The summed E-state index contributed by atoms with van der Waals surface area (Å²) in [7, 11) is 0. The summed E-state index contributed by atoms with van der Waals surface area (Å²) in [4.78, 5) is 14.2. The molecule has 1 aliphatic rings. The van der Waals surface area contributed by atoms with Gasteiger partial charge in [0, 0.05) is 23.5 Å². The summed E-state index contributed by atoms with van der Waals surface area (Å²) in [5.41, 5.74) is 0.560. The molecular formula is C13H16BrNO2. The van der Waals surface area contributed by atoms with Crippen LogP contribution in [0.25, 0.3) is 0 Å². The van der Waals surface area contributed by atoms with E-state index in [1.165, 1.54) is 6.07 Å². The van der Waals surface area contributed by atoms with Crippen LogP contribution < -0.4 is 0 Å². The van der Waals surface area contributed by atoms with Crippen molar-refractivity contribution in [1.29, 1.82) is 0 Å². The molecule has 1 heterocycles. The van der Waals surface area contributed by atoms with E-state index in [0.717, 1.165) is 18.3 Å². The number of aromatic hydroxyl groups is 1. The van der Waals surface area contributed by atoms with Crippen LogP contribution in [0.5, 0.6) is 5.75 Å². The van der Waals surface area contributed by atoms with Gasteiger partial charge in [0.1, 0.15) is 5.75 Å². The number of halogens is 1. The normalized spacial score (nSPS) is 24.0. The van der Waals surface area contributed by atoms with Crippen molar-refractivity contribution < 1.29 is 9.90 Å². The predicted octanol–water partition coefficient (Wildman–Crippen LogP) is 2.64. The van der Waals surface area contributed by atoms with E-state index in [1.54, 1.807) is 18.2 Å². The van der Waals surface area contributed by atoms with Gasteiger partial charge >= 0.3 is 0 Å². The van der Waals surface area contributed by atoms with E-state index in [0.29, 0.717) is 11.5 Å². The molecule has 0 bridgehead atoms. The maximum Gasteiger partial charge on any atom is 0.254 e. The Morgan fingerprint density at radius 1 is 1.59 bits per heavy atom. The van der Waals surface area contributed by atoms with Crippen LogP contribution in [-0.4, -0.2) is 33.8 Å². The minimum atomic E-state index is 0.00898. The third-order valence-electron chi connectivity index (χ3n) is 3.39. The number of nitrogens with zero attached hydrogens (tertiary/aromatic N) is 1. The molecule has 1 saturated heterocycles. The number of rotatable bonds is 2. The molecule has 1 aromatic rings. The first kappa shape index (κ1) is 12.4. The second-order valence-corrected chi connectivity index (χ2v) is 5.18. The minimum absolute atomic E-state index is 0.00898. The topological polar surface area (TPSA) is 40.5 Å². The fourth-order valence-corrected chi connectivity index (χ4v) is 3.29. The SMILES string of the molecule is CC1CCN(C(=O)c2cccc(O)c2)C1CBr. The molecule has 2 unspecified atom stereocenters. The maximum absolute atomic E-state index is 12.3. The molecule has 3 nitrogen and oxygen atoms in total. The molecule has 1 amide bonds. The Labute approximate surface area is 110 Å². The zero-order valence-electron chi connectivity index (χ0n) is 9.77. The second-order valence-electron chi connectivity index (χ2n) is 4.54. The molecule has 0 radical (unpaired) electrons. The number of alkyl halides is 1. The zero-order chi connectivity index (χ0) is 12.4. The van der Waals surface area contributed by atoms with Crippen molar-refractivity contribution in [3.63, 3.8) is 0 Å². The largest absolute Gasteiger partial charge is 0.508 e. The number of phenolic OH excluding ortho intramolecular Hbond substituents is 1. The molecule has 2 atom stereocenters. The number of carbonyl (C=O) groups is 1. The van der Waals surface area contributed by atoms with Crippen molar-refractivity contribution in [2.75, 3.05) is 11.9 Å². The molecule has 0 saturated carbocycles. The van der Waals surface area contributed by atoms with Gasteiger partial charge in [0.15, 0.2) is 0 Å². The van der Waals surface area contributed by atoms with Crippen molar-refractivity contribution in [1.82, 2.24) is 4.90 Å². The van der Waals surface area contributed by atoms with Crippen LogP contribution >= 0.6 is 15.9 Å². The fraction of sp³-hybridized carbons (Fsp3) is 0.462. The lowest BCUT2D eigenvalue weighted by Gasteiger charge is -2.25. The van der Waals surface area contributed by atoms with Crippen molar-refractivity contribution >= 4 is 21.8 Å². The molecule has 92 valence electrons. The van der Waals surface area contributed by atoms with E-state index >= 15 is 0 Å². The van der Waals surface area contributed by atoms with E-state index in [1.807, 2.05) is 4.90 Å². The number of hydrogen-bond acceptors (Lipinski definition) is 2. The van der Waals surface area contributed by atoms with E-state index in [2.05, 4.69) is 22.9 Å². The number of hydrogen-bond donors (Lipinski definition) is 1. The molecule has 17 heavy (non-hydrogen) atoms. The van der Waals surface area contributed by atoms with Gasteiger partial charge in [0.25, 0.3) is 5.91 Å². The molecule has 2 rings (SSSR count). The third-order valence-corrected chi connectivity index (χ3v) is 4.06. The highest BCUT2D eigenvalue weighted by Crippen LogP contribution is 2.27. The first-order chi connectivity index (χ1) is 8.13. The molecule has 4 heteroatoms. The molecule has 0 spiro atoms. The molecular weight excluding hydrogens is 282 g/mol. The summed E-state index contributed by atoms with van der Waals surface area (Å²) in [5.74, 6) is 0.670. The summed E-state index contributed by atoms with van der Waals surface area (Å²) in [6.07, 6.45) is 1.04. The average molecular weight is 298 g/mol. The van der Waals surface area contributed by atoms with Gasteiger partial charge in [-0.05, 0) is 30.5 Å². The zero-order valence-corrected chi connectivity index (χ0v) is 11.4. The molecule has 1 N–H and O–H groups in total. The van der Waals surface area contributed by atoms with Crippen LogP contribution in [0.15, 0.2) is 24.3 Å². The van der Waals surface area contributed by atoms with E-state index in [9.17, 15) is 9.90 Å². The van der Waals surface area contributed by atoms with Gasteiger partial charge in [-0.15, -0.1) is 0 Å². The van der Waals surface area contributed by atoms with Gasteiger partial charge in [0.05, 0.1) is 0 Å². The lowest BCUT2D eigenvalue weighted by molar-refractivity contribution is 0.0738. The lowest BCUT2D eigenvalue weighted by Crippen LogP contribution is -2.38. The molecule has 1 fully saturated rings. The first-order valence-electron chi connectivity index (χ1n) is 5.79. The Morgan fingerprint density at radius 3 is 3.00 bits per heavy atom. The van der Waals surface area contributed by atoms with Crippen LogP contribution in [0.4, 0.5) is 0 Å².